The molecule has 0 unspecified atom stereocenters. The van der Waals surface area contributed by atoms with Gasteiger partial charge in [-0.25, -0.2) is 0 Å². The van der Waals surface area contributed by atoms with Gasteiger partial charge in [-0.2, -0.15) is 0 Å². The van der Waals surface area contributed by atoms with Crippen molar-refractivity contribution in [3.63, 3.8) is 0 Å². The number of nitro groups is 1. The van der Waals surface area contributed by atoms with Crippen LogP contribution in [-0.4, -0.2) is 4.92 Å². The van der Waals surface area contributed by atoms with E-state index >= 15 is 0 Å². The van der Waals surface area contributed by atoms with Gasteiger partial charge in [-0.05, 0) is 12.1 Å². The number of rotatable bonds is 2. The molecule has 0 N–H and O–H groups in total. The number of nitrogens with zero attached hydrogens (tertiary/aromatic N) is 3. The molecule has 0 radical (unpaired) electrons. The van der Waals surface area contributed by atoms with Crippen molar-refractivity contribution in [3.05, 3.63) is 39.9 Å². The molecular weight excluding hydrogens is 194 g/mol. The summed E-state index contributed by atoms with van der Waals surface area (Å²) in [5, 5.41) is 16.5. The number of halogens is 1. The minimum absolute atomic E-state index is 0.0321. The van der Waals surface area contributed by atoms with E-state index in [4.69, 9.17) is 11.6 Å². The molecule has 0 atom stereocenters. The Morgan fingerprint density at radius 2 is 1.85 bits per heavy atom. The molecule has 1 aromatic carbocycles. The number of hydrogen-bond acceptors (Lipinski definition) is 4. The van der Waals surface area contributed by atoms with E-state index in [9.17, 15) is 10.1 Å². The molecular formula is C7H4ClN3O2. The van der Waals surface area contributed by atoms with Crippen LogP contribution in [-0.2, 0) is 5.12 Å². The van der Waals surface area contributed by atoms with Gasteiger partial charge in [-0.15, -0.1) is 10.2 Å². The maximum atomic E-state index is 10.3. The van der Waals surface area contributed by atoms with Crippen LogP contribution in [0, 0.1) is 10.1 Å². The third kappa shape index (κ3) is 1.38. The molecule has 66 valence electrons. The summed E-state index contributed by atoms with van der Waals surface area (Å²) in [6.45, 7) is 0. The summed E-state index contributed by atoms with van der Waals surface area (Å²) >= 11 is 5.80. The average Bonchev–Trinajstić information content (AvgIpc) is 2.85. The van der Waals surface area contributed by atoms with Gasteiger partial charge < -0.3 is 0 Å². The maximum Gasteiger partial charge on any atom is 0.289 e. The molecule has 1 heterocycles. The zero-order valence-electron chi connectivity index (χ0n) is 6.35. The second-order valence-electron chi connectivity index (χ2n) is 2.59. The SMILES string of the molecule is O=[N+]([O-])c1ccc(C2(Cl)N=N2)cc1. The van der Waals surface area contributed by atoms with Gasteiger partial charge >= 0.3 is 0 Å². The highest BCUT2D eigenvalue weighted by molar-refractivity contribution is 6.24. The molecule has 13 heavy (non-hydrogen) atoms. The lowest BCUT2D eigenvalue weighted by Crippen LogP contribution is -1.97. The molecule has 0 saturated carbocycles. The first-order chi connectivity index (χ1) is 6.12. The molecule has 0 spiro atoms. The predicted octanol–water partition coefficient (Wildman–Crippen LogP) is 2.41. The lowest BCUT2D eigenvalue weighted by atomic mass is 10.2. The highest BCUT2D eigenvalue weighted by Crippen LogP contribution is 2.43. The molecule has 2 rings (SSSR count). The normalized spacial score (nSPS) is 17.0. The first kappa shape index (κ1) is 8.12. The molecule has 0 bridgehead atoms. The Morgan fingerprint density at radius 3 is 2.23 bits per heavy atom. The van der Waals surface area contributed by atoms with E-state index in [0.29, 0.717) is 5.56 Å². The Kier molecular flexibility index (Phi) is 1.56. The van der Waals surface area contributed by atoms with Crippen molar-refractivity contribution in [2.24, 2.45) is 10.2 Å². The van der Waals surface area contributed by atoms with Crippen LogP contribution in [0.25, 0.3) is 0 Å². The average molecular weight is 198 g/mol. The summed E-state index contributed by atoms with van der Waals surface area (Å²) in [4.78, 5) is 9.84. The number of hydrogen-bond donors (Lipinski definition) is 0. The Bertz CT molecular complexity index is 381. The highest BCUT2D eigenvalue weighted by Gasteiger charge is 2.39. The van der Waals surface area contributed by atoms with Gasteiger partial charge in [0.05, 0.1) is 4.92 Å². The first-order valence-corrected chi connectivity index (χ1v) is 3.87. The largest absolute Gasteiger partial charge is 0.289 e. The third-order valence-electron chi connectivity index (χ3n) is 1.72. The van der Waals surface area contributed by atoms with Crippen molar-refractivity contribution in [3.8, 4) is 0 Å². The highest BCUT2D eigenvalue weighted by atomic mass is 35.5. The fourth-order valence-electron chi connectivity index (χ4n) is 0.955. The van der Waals surface area contributed by atoms with Crippen LogP contribution in [0.3, 0.4) is 0 Å². The minimum atomic E-state index is -0.977. The number of non-ortho nitro benzene ring substituents is 1. The van der Waals surface area contributed by atoms with E-state index in [1.165, 1.54) is 12.1 Å². The van der Waals surface area contributed by atoms with Gasteiger partial charge in [-0.1, -0.05) is 11.6 Å². The Morgan fingerprint density at radius 1 is 1.31 bits per heavy atom. The summed E-state index contributed by atoms with van der Waals surface area (Å²) in [5.74, 6) is 0. The van der Waals surface area contributed by atoms with Crippen molar-refractivity contribution < 1.29 is 4.92 Å². The van der Waals surface area contributed by atoms with Crippen molar-refractivity contribution in [2.45, 2.75) is 5.12 Å². The van der Waals surface area contributed by atoms with Gasteiger partial charge in [0.25, 0.3) is 10.8 Å². The molecule has 0 aliphatic carbocycles. The lowest BCUT2D eigenvalue weighted by molar-refractivity contribution is -0.384. The van der Waals surface area contributed by atoms with Crippen LogP contribution in [0.1, 0.15) is 5.56 Å². The topological polar surface area (TPSA) is 67.9 Å². The zero-order chi connectivity index (χ0) is 9.47. The molecule has 0 aromatic heterocycles. The molecule has 0 fully saturated rings. The standard InChI is InChI=1S/C7H4ClN3O2/c8-7(9-10-7)5-1-3-6(4-2-5)11(12)13/h1-4H. The third-order valence-corrected chi connectivity index (χ3v) is 2.09. The van der Waals surface area contributed by atoms with Gasteiger partial charge in [0.15, 0.2) is 0 Å². The van der Waals surface area contributed by atoms with Gasteiger partial charge in [-0.3, -0.25) is 10.1 Å². The fourth-order valence-corrected chi connectivity index (χ4v) is 1.12. The van der Waals surface area contributed by atoms with E-state index in [1.54, 1.807) is 12.1 Å². The van der Waals surface area contributed by atoms with Gasteiger partial charge in [0.2, 0.25) is 0 Å². The van der Waals surface area contributed by atoms with Crippen molar-refractivity contribution in [1.82, 2.24) is 0 Å². The van der Waals surface area contributed by atoms with E-state index in [-0.39, 0.29) is 5.69 Å². The second kappa shape index (κ2) is 2.50. The smallest absolute Gasteiger partial charge is 0.258 e. The van der Waals surface area contributed by atoms with E-state index in [0.717, 1.165) is 0 Å². The molecule has 0 saturated heterocycles. The lowest BCUT2D eigenvalue weighted by Gasteiger charge is -1.99. The molecule has 0 amide bonds. The van der Waals surface area contributed by atoms with E-state index in [2.05, 4.69) is 10.2 Å². The van der Waals surface area contributed by atoms with Crippen molar-refractivity contribution in [1.29, 1.82) is 0 Å². The Balaban J connectivity index is 2.29. The Hall–Kier alpha value is -1.49. The first-order valence-electron chi connectivity index (χ1n) is 3.50. The number of nitro benzene ring substituents is 1. The van der Waals surface area contributed by atoms with Crippen LogP contribution in [0.5, 0.6) is 0 Å². The van der Waals surface area contributed by atoms with Crippen molar-refractivity contribution >= 4 is 17.3 Å². The van der Waals surface area contributed by atoms with Crippen LogP contribution in [0.15, 0.2) is 34.5 Å². The second-order valence-corrected chi connectivity index (χ2v) is 3.12. The molecule has 5 nitrogen and oxygen atoms in total. The fraction of sp³-hybridized carbons (Fsp3) is 0.143. The van der Waals surface area contributed by atoms with Gasteiger partial charge in [0.1, 0.15) is 0 Å². The molecule has 1 aromatic rings. The monoisotopic (exact) mass is 197 g/mol. The van der Waals surface area contributed by atoms with Crippen molar-refractivity contribution in [2.75, 3.05) is 0 Å². The zero-order valence-corrected chi connectivity index (χ0v) is 7.10. The summed E-state index contributed by atoms with van der Waals surface area (Å²) in [6.07, 6.45) is 0. The van der Waals surface area contributed by atoms with Crippen LogP contribution < -0.4 is 0 Å². The summed E-state index contributed by atoms with van der Waals surface area (Å²) in [7, 11) is 0. The van der Waals surface area contributed by atoms with Crippen LogP contribution >= 0.6 is 11.6 Å². The van der Waals surface area contributed by atoms with Crippen LogP contribution in [0.4, 0.5) is 5.69 Å². The molecule has 6 heteroatoms. The predicted molar refractivity (Wildman–Crippen MR) is 45.5 cm³/mol. The summed E-state index contributed by atoms with van der Waals surface area (Å²) in [6, 6.07) is 5.85. The molecule has 1 aliphatic rings. The van der Waals surface area contributed by atoms with Gasteiger partial charge in [0, 0.05) is 17.7 Å². The summed E-state index contributed by atoms with van der Waals surface area (Å²) in [5.41, 5.74) is 0.685. The quantitative estimate of drug-likeness (QED) is 0.316. The maximum absolute atomic E-state index is 10.3. The number of benzene rings is 1. The van der Waals surface area contributed by atoms with E-state index < -0.39 is 10.0 Å². The molecule has 1 aliphatic heterocycles. The van der Waals surface area contributed by atoms with E-state index in [1.807, 2.05) is 0 Å². The minimum Gasteiger partial charge on any atom is -0.258 e. The summed E-state index contributed by atoms with van der Waals surface area (Å²) < 4.78 is 0. The van der Waals surface area contributed by atoms with Crippen LogP contribution in [0.2, 0.25) is 0 Å². The Labute approximate surface area is 78.2 Å². The number of alkyl halides is 1.